The molecule has 0 saturated carbocycles. The van der Waals surface area contributed by atoms with Crippen LogP contribution in [-0.2, 0) is 4.74 Å². The molecule has 0 spiro atoms. The summed E-state index contributed by atoms with van der Waals surface area (Å²) in [5.74, 6) is 0. The summed E-state index contributed by atoms with van der Waals surface area (Å²) in [6, 6.07) is 1.97. The van der Waals surface area contributed by atoms with Crippen molar-refractivity contribution in [2.24, 2.45) is 0 Å². The topological polar surface area (TPSA) is 41.5 Å². The molecule has 1 saturated heterocycles. The molecule has 1 fully saturated rings. The molecule has 1 aliphatic heterocycles. The third kappa shape index (κ3) is 3.56. The highest BCUT2D eigenvalue weighted by Gasteiger charge is 2.14. The van der Waals surface area contributed by atoms with Crippen LogP contribution in [0.5, 0.6) is 0 Å². The lowest BCUT2D eigenvalue weighted by Crippen LogP contribution is -2.33. The zero-order valence-electron chi connectivity index (χ0n) is 9.39. The lowest BCUT2D eigenvalue weighted by atomic mass is 10.1. The van der Waals surface area contributed by atoms with E-state index in [1.165, 1.54) is 12.8 Å². The van der Waals surface area contributed by atoms with Crippen LogP contribution in [0.25, 0.3) is 0 Å². The summed E-state index contributed by atoms with van der Waals surface area (Å²) in [5, 5.41) is 17.1. The van der Waals surface area contributed by atoms with E-state index in [0.717, 1.165) is 25.1 Å². The molecule has 2 N–H and O–H groups in total. The Balaban J connectivity index is 1.63. The van der Waals surface area contributed by atoms with Gasteiger partial charge in [0.25, 0.3) is 0 Å². The number of aliphatic hydroxyl groups excluding tert-OH is 1. The van der Waals surface area contributed by atoms with Crippen molar-refractivity contribution >= 4 is 11.3 Å². The Bertz CT molecular complexity index is 283. The van der Waals surface area contributed by atoms with Crippen LogP contribution in [0.15, 0.2) is 16.8 Å². The molecule has 90 valence electrons. The van der Waals surface area contributed by atoms with Gasteiger partial charge in [-0.05, 0) is 41.7 Å². The molecule has 16 heavy (non-hydrogen) atoms. The second kappa shape index (κ2) is 6.35. The molecular formula is C12H19NO2S. The van der Waals surface area contributed by atoms with Crippen LogP contribution in [0, 0.1) is 0 Å². The second-order valence-electron chi connectivity index (χ2n) is 4.22. The second-order valence-corrected chi connectivity index (χ2v) is 5.00. The van der Waals surface area contributed by atoms with Gasteiger partial charge in [0, 0.05) is 19.7 Å². The minimum Gasteiger partial charge on any atom is -0.387 e. The third-order valence-electron chi connectivity index (χ3n) is 2.91. The fourth-order valence-electron chi connectivity index (χ4n) is 1.93. The molecule has 0 bridgehead atoms. The maximum absolute atomic E-state index is 9.84. The largest absolute Gasteiger partial charge is 0.387 e. The van der Waals surface area contributed by atoms with Gasteiger partial charge in [0.2, 0.25) is 0 Å². The molecule has 0 aromatic carbocycles. The third-order valence-corrected chi connectivity index (χ3v) is 3.61. The van der Waals surface area contributed by atoms with Crippen LogP contribution < -0.4 is 5.32 Å². The maximum Gasteiger partial charge on any atom is 0.0922 e. The normalized spacial score (nSPS) is 23.2. The van der Waals surface area contributed by atoms with Crippen molar-refractivity contribution in [3.8, 4) is 0 Å². The van der Waals surface area contributed by atoms with Crippen LogP contribution in [0.1, 0.15) is 30.9 Å². The number of aliphatic hydroxyl groups is 1. The number of nitrogens with one attached hydrogen (secondary N) is 1. The highest BCUT2D eigenvalue weighted by atomic mass is 32.1. The standard InChI is InChI=1S/C12H19NO2S/c14-12(10-4-6-16-9-10)8-13-7-11-3-1-2-5-15-11/h4,6,9,11-14H,1-3,5,7-8H2. The Labute approximate surface area is 100 Å². The van der Waals surface area contributed by atoms with Crippen molar-refractivity contribution in [1.29, 1.82) is 0 Å². The predicted molar refractivity (Wildman–Crippen MR) is 65.7 cm³/mol. The van der Waals surface area contributed by atoms with Crippen molar-refractivity contribution in [2.45, 2.75) is 31.5 Å². The number of hydrogen-bond donors (Lipinski definition) is 2. The van der Waals surface area contributed by atoms with E-state index >= 15 is 0 Å². The van der Waals surface area contributed by atoms with Crippen LogP contribution in [-0.4, -0.2) is 30.9 Å². The van der Waals surface area contributed by atoms with E-state index in [4.69, 9.17) is 4.74 Å². The first-order chi connectivity index (χ1) is 7.86. The molecule has 3 nitrogen and oxygen atoms in total. The average Bonchev–Trinajstić information content (AvgIpc) is 2.84. The van der Waals surface area contributed by atoms with Crippen LogP contribution in [0.4, 0.5) is 0 Å². The lowest BCUT2D eigenvalue weighted by molar-refractivity contribution is 0.0152. The molecule has 0 radical (unpaired) electrons. The number of ether oxygens (including phenoxy) is 1. The lowest BCUT2D eigenvalue weighted by Gasteiger charge is -2.23. The van der Waals surface area contributed by atoms with Gasteiger partial charge in [-0.25, -0.2) is 0 Å². The molecule has 2 unspecified atom stereocenters. The summed E-state index contributed by atoms with van der Waals surface area (Å²) in [6.45, 7) is 2.34. The summed E-state index contributed by atoms with van der Waals surface area (Å²) in [5.41, 5.74) is 1.00. The van der Waals surface area contributed by atoms with Crippen molar-refractivity contribution in [3.63, 3.8) is 0 Å². The molecule has 1 aromatic heterocycles. The van der Waals surface area contributed by atoms with Gasteiger partial charge in [0.15, 0.2) is 0 Å². The maximum atomic E-state index is 9.84. The van der Waals surface area contributed by atoms with Crippen molar-refractivity contribution in [2.75, 3.05) is 19.7 Å². The first kappa shape index (κ1) is 12.0. The highest BCUT2D eigenvalue weighted by Crippen LogP contribution is 2.15. The summed E-state index contributed by atoms with van der Waals surface area (Å²) >= 11 is 1.62. The van der Waals surface area contributed by atoms with Crippen molar-refractivity contribution < 1.29 is 9.84 Å². The number of thiophene rings is 1. The molecule has 0 aliphatic carbocycles. The van der Waals surface area contributed by atoms with Crippen LogP contribution in [0.3, 0.4) is 0 Å². The zero-order chi connectivity index (χ0) is 11.2. The molecular weight excluding hydrogens is 222 g/mol. The van der Waals surface area contributed by atoms with E-state index in [1.54, 1.807) is 11.3 Å². The Morgan fingerprint density at radius 1 is 1.56 bits per heavy atom. The minimum absolute atomic E-state index is 0.337. The van der Waals surface area contributed by atoms with E-state index in [-0.39, 0.29) is 0 Å². The van der Waals surface area contributed by atoms with Gasteiger partial charge in [0.1, 0.15) is 0 Å². The molecule has 2 rings (SSSR count). The van der Waals surface area contributed by atoms with E-state index in [0.29, 0.717) is 12.6 Å². The first-order valence-corrected chi connectivity index (χ1v) is 6.83. The van der Waals surface area contributed by atoms with Crippen LogP contribution >= 0.6 is 11.3 Å². The van der Waals surface area contributed by atoms with Crippen molar-refractivity contribution in [3.05, 3.63) is 22.4 Å². The van der Waals surface area contributed by atoms with Crippen molar-refractivity contribution in [1.82, 2.24) is 5.32 Å². The molecule has 1 aromatic rings. The van der Waals surface area contributed by atoms with E-state index in [1.807, 2.05) is 16.8 Å². The van der Waals surface area contributed by atoms with E-state index < -0.39 is 6.10 Å². The van der Waals surface area contributed by atoms with Crippen LogP contribution in [0.2, 0.25) is 0 Å². The fraction of sp³-hybridized carbons (Fsp3) is 0.667. The Morgan fingerprint density at radius 3 is 3.19 bits per heavy atom. The molecule has 0 amide bonds. The summed E-state index contributed by atoms with van der Waals surface area (Å²) < 4.78 is 5.61. The van der Waals surface area contributed by atoms with E-state index in [2.05, 4.69) is 5.32 Å². The fourth-order valence-corrected chi connectivity index (χ4v) is 2.64. The quantitative estimate of drug-likeness (QED) is 0.828. The van der Waals surface area contributed by atoms with Gasteiger partial charge < -0.3 is 15.2 Å². The monoisotopic (exact) mass is 241 g/mol. The van der Waals surface area contributed by atoms with Gasteiger partial charge in [0.05, 0.1) is 12.2 Å². The Kier molecular flexibility index (Phi) is 4.78. The average molecular weight is 241 g/mol. The molecule has 1 aliphatic rings. The molecule has 2 atom stereocenters. The predicted octanol–water partition coefficient (Wildman–Crippen LogP) is 1.94. The van der Waals surface area contributed by atoms with Gasteiger partial charge in [-0.15, -0.1) is 0 Å². The Morgan fingerprint density at radius 2 is 2.50 bits per heavy atom. The van der Waals surface area contributed by atoms with Gasteiger partial charge in [-0.3, -0.25) is 0 Å². The Hall–Kier alpha value is -0.420. The number of rotatable bonds is 5. The summed E-state index contributed by atoms with van der Waals surface area (Å²) in [7, 11) is 0. The summed E-state index contributed by atoms with van der Waals surface area (Å²) in [4.78, 5) is 0. The SMILES string of the molecule is OC(CNCC1CCCCO1)c1ccsc1. The highest BCUT2D eigenvalue weighted by molar-refractivity contribution is 7.07. The van der Waals surface area contributed by atoms with Gasteiger partial charge >= 0.3 is 0 Å². The summed E-state index contributed by atoms with van der Waals surface area (Å²) in [6.07, 6.45) is 3.54. The smallest absolute Gasteiger partial charge is 0.0922 e. The minimum atomic E-state index is -0.394. The number of hydrogen-bond acceptors (Lipinski definition) is 4. The first-order valence-electron chi connectivity index (χ1n) is 5.89. The van der Waals surface area contributed by atoms with E-state index in [9.17, 15) is 5.11 Å². The zero-order valence-corrected chi connectivity index (χ0v) is 10.2. The van der Waals surface area contributed by atoms with Gasteiger partial charge in [-0.1, -0.05) is 0 Å². The van der Waals surface area contributed by atoms with Gasteiger partial charge in [-0.2, -0.15) is 11.3 Å². The molecule has 2 heterocycles. The molecule has 4 heteroatoms.